The van der Waals surface area contributed by atoms with Crippen molar-refractivity contribution in [2.45, 2.75) is 18.9 Å². The molecule has 1 aromatic heterocycles. The van der Waals surface area contributed by atoms with Gasteiger partial charge in [0.1, 0.15) is 5.60 Å². The van der Waals surface area contributed by atoms with E-state index >= 15 is 0 Å². The van der Waals surface area contributed by atoms with Gasteiger partial charge in [-0.25, -0.2) is 0 Å². The minimum atomic E-state index is -0.576. The van der Waals surface area contributed by atoms with Gasteiger partial charge in [-0.1, -0.05) is 0 Å². The number of β-amino-alcohol motifs (C(OH)–C–C–N with tert-alkyl or cyclic N) is 1. The van der Waals surface area contributed by atoms with Crippen molar-refractivity contribution >= 4 is 11.3 Å². The molecule has 1 aliphatic heterocycles. The summed E-state index contributed by atoms with van der Waals surface area (Å²) >= 11 is 1.67. The SMILES string of the molecule is Cc1ccsc1C1(O)CCN(C)C1. The highest BCUT2D eigenvalue weighted by Gasteiger charge is 2.37. The first-order chi connectivity index (χ1) is 6.12. The summed E-state index contributed by atoms with van der Waals surface area (Å²) < 4.78 is 0. The molecule has 0 amide bonds. The van der Waals surface area contributed by atoms with Crippen molar-refractivity contribution in [1.29, 1.82) is 0 Å². The van der Waals surface area contributed by atoms with E-state index in [0.29, 0.717) is 0 Å². The van der Waals surface area contributed by atoms with E-state index in [9.17, 15) is 5.11 Å². The standard InChI is InChI=1S/C10H15NOS/c1-8-3-6-13-9(8)10(12)4-5-11(2)7-10/h3,6,12H,4-5,7H2,1-2H3. The molecule has 0 bridgehead atoms. The lowest BCUT2D eigenvalue weighted by molar-refractivity contribution is 0.0521. The van der Waals surface area contributed by atoms with Crippen LogP contribution in [-0.4, -0.2) is 30.1 Å². The third-order valence-corrected chi connectivity index (χ3v) is 3.93. The molecule has 0 spiro atoms. The maximum Gasteiger partial charge on any atom is 0.113 e. The highest BCUT2D eigenvalue weighted by molar-refractivity contribution is 7.10. The van der Waals surface area contributed by atoms with Gasteiger partial charge in [0.25, 0.3) is 0 Å². The second-order valence-corrected chi connectivity index (χ2v) is 4.87. The van der Waals surface area contributed by atoms with Gasteiger partial charge >= 0.3 is 0 Å². The molecule has 1 unspecified atom stereocenters. The Labute approximate surface area is 82.8 Å². The summed E-state index contributed by atoms with van der Waals surface area (Å²) in [5, 5.41) is 12.4. The third kappa shape index (κ3) is 1.52. The highest BCUT2D eigenvalue weighted by Crippen LogP contribution is 2.36. The molecular formula is C10H15NOS. The van der Waals surface area contributed by atoms with E-state index in [4.69, 9.17) is 0 Å². The fraction of sp³-hybridized carbons (Fsp3) is 0.600. The van der Waals surface area contributed by atoms with Crippen LogP contribution in [0.5, 0.6) is 0 Å². The Morgan fingerprint density at radius 1 is 1.62 bits per heavy atom. The Bertz CT molecular complexity index is 310. The quantitative estimate of drug-likeness (QED) is 0.739. The Balaban J connectivity index is 2.30. The third-order valence-electron chi connectivity index (χ3n) is 2.72. The van der Waals surface area contributed by atoms with Gasteiger partial charge in [0, 0.05) is 18.0 Å². The zero-order valence-corrected chi connectivity index (χ0v) is 8.90. The molecule has 1 fully saturated rings. The van der Waals surface area contributed by atoms with E-state index in [-0.39, 0.29) is 0 Å². The lowest BCUT2D eigenvalue weighted by atomic mass is 9.98. The average molecular weight is 197 g/mol. The van der Waals surface area contributed by atoms with Crippen LogP contribution in [0.2, 0.25) is 0 Å². The van der Waals surface area contributed by atoms with E-state index in [2.05, 4.69) is 30.3 Å². The monoisotopic (exact) mass is 197 g/mol. The average Bonchev–Trinajstić information content (AvgIpc) is 2.59. The minimum Gasteiger partial charge on any atom is -0.383 e. The Morgan fingerprint density at radius 2 is 2.38 bits per heavy atom. The second-order valence-electron chi connectivity index (χ2n) is 3.95. The summed E-state index contributed by atoms with van der Waals surface area (Å²) in [5.74, 6) is 0. The van der Waals surface area contributed by atoms with Gasteiger partial charge in [0.15, 0.2) is 0 Å². The van der Waals surface area contributed by atoms with Crippen LogP contribution in [0.15, 0.2) is 11.4 Å². The molecule has 2 rings (SSSR count). The van der Waals surface area contributed by atoms with E-state index in [1.807, 2.05) is 0 Å². The molecule has 1 N–H and O–H groups in total. The van der Waals surface area contributed by atoms with Gasteiger partial charge in [-0.2, -0.15) is 0 Å². The summed E-state index contributed by atoms with van der Waals surface area (Å²) in [6, 6.07) is 2.08. The highest BCUT2D eigenvalue weighted by atomic mass is 32.1. The maximum absolute atomic E-state index is 10.4. The molecule has 3 heteroatoms. The maximum atomic E-state index is 10.4. The number of aliphatic hydroxyl groups is 1. The number of rotatable bonds is 1. The fourth-order valence-corrected chi connectivity index (χ4v) is 3.06. The second kappa shape index (κ2) is 3.08. The molecule has 0 aliphatic carbocycles. The number of thiophene rings is 1. The zero-order valence-electron chi connectivity index (χ0n) is 8.08. The molecule has 1 saturated heterocycles. The summed E-state index contributed by atoms with van der Waals surface area (Å²) in [4.78, 5) is 3.33. The molecule has 2 nitrogen and oxygen atoms in total. The van der Waals surface area contributed by atoms with E-state index in [0.717, 1.165) is 24.4 Å². The molecule has 0 saturated carbocycles. The summed E-state index contributed by atoms with van der Waals surface area (Å²) in [6.07, 6.45) is 0.866. The van der Waals surface area contributed by atoms with Crippen LogP contribution in [-0.2, 0) is 5.60 Å². The lowest BCUT2D eigenvalue weighted by Gasteiger charge is -2.21. The van der Waals surface area contributed by atoms with Gasteiger partial charge in [-0.3, -0.25) is 0 Å². The van der Waals surface area contributed by atoms with Crippen molar-refractivity contribution in [3.05, 3.63) is 21.9 Å². The van der Waals surface area contributed by atoms with Crippen LogP contribution in [0.25, 0.3) is 0 Å². The Kier molecular flexibility index (Phi) is 2.18. The molecular weight excluding hydrogens is 182 g/mol. The minimum absolute atomic E-state index is 0.576. The van der Waals surface area contributed by atoms with Gasteiger partial charge in [0.05, 0.1) is 0 Å². The van der Waals surface area contributed by atoms with Crippen LogP contribution in [0.1, 0.15) is 16.9 Å². The number of hydrogen-bond acceptors (Lipinski definition) is 3. The number of nitrogens with zero attached hydrogens (tertiary/aromatic N) is 1. The summed E-state index contributed by atoms with van der Waals surface area (Å²) in [5.41, 5.74) is 0.648. The molecule has 1 atom stereocenters. The molecule has 2 heterocycles. The van der Waals surface area contributed by atoms with Crippen molar-refractivity contribution in [1.82, 2.24) is 4.90 Å². The molecule has 0 aromatic carbocycles. The van der Waals surface area contributed by atoms with E-state index in [1.165, 1.54) is 5.56 Å². The lowest BCUT2D eigenvalue weighted by Crippen LogP contribution is -2.28. The van der Waals surface area contributed by atoms with Crippen LogP contribution >= 0.6 is 11.3 Å². The first-order valence-electron chi connectivity index (χ1n) is 4.57. The van der Waals surface area contributed by atoms with E-state index in [1.54, 1.807) is 11.3 Å². The predicted molar refractivity (Wildman–Crippen MR) is 55.1 cm³/mol. The molecule has 13 heavy (non-hydrogen) atoms. The van der Waals surface area contributed by atoms with E-state index < -0.39 is 5.60 Å². The number of likely N-dealkylation sites (N-methyl/N-ethyl adjacent to an activating group) is 1. The molecule has 1 aromatic rings. The zero-order chi connectivity index (χ0) is 9.47. The molecule has 0 radical (unpaired) electrons. The van der Waals surface area contributed by atoms with Gasteiger partial charge in [-0.05, 0) is 37.4 Å². The van der Waals surface area contributed by atoms with Gasteiger partial charge < -0.3 is 10.0 Å². The number of hydrogen-bond donors (Lipinski definition) is 1. The number of aryl methyl sites for hydroxylation is 1. The topological polar surface area (TPSA) is 23.5 Å². The van der Waals surface area contributed by atoms with Crippen LogP contribution in [0.3, 0.4) is 0 Å². The van der Waals surface area contributed by atoms with Gasteiger partial charge in [-0.15, -0.1) is 11.3 Å². The predicted octanol–water partition coefficient (Wildman–Crippen LogP) is 1.58. The van der Waals surface area contributed by atoms with Crippen molar-refractivity contribution in [3.8, 4) is 0 Å². The fourth-order valence-electron chi connectivity index (χ4n) is 2.02. The first-order valence-corrected chi connectivity index (χ1v) is 5.45. The Hall–Kier alpha value is -0.380. The van der Waals surface area contributed by atoms with Crippen LogP contribution in [0.4, 0.5) is 0 Å². The van der Waals surface area contributed by atoms with Crippen molar-refractivity contribution < 1.29 is 5.11 Å². The smallest absolute Gasteiger partial charge is 0.113 e. The van der Waals surface area contributed by atoms with Gasteiger partial charge in [0.2, 0.25) is 0 Å². The van der Waals surface area contributed by atoms with Crippen molar-refractivity contribution in [2.75, 3.05) is 20.1 Å². The normalized spacial score (nSPS) is 29.8. The summed E-state index contributed by atoms with van der Waals surface area (Å²) in [7, 11) is 2.06. The first kappa shape index (κ1) is 9.19. The largest absolute Gasteiger partial charge is 0.383 e. The van der Waals surface area contributed by atoms with Crippen LogP contribution < -0.4 is 0 Å². The molecule has 1 aliphatic rings. The summed E-state index contributed by atoms with van der Waals surface area (Å²) in [6.45, 7) is 3.84. The van der Waals surface area contributed by atoms with Crippen molar-refractivity contribution in [2.24, 2.45) is 0 Å². The van der Waals surface area contributed by atoms with Crippen LogP contribution in [0, 0.1) is 6.92 Å². The van der Waals surface area contributed by atoms with Crippen molar-refractivity contribution in [3.63, 3.8) is 0 Å². The number of likely N-dealkylation sites (tertiary alicyclic amines) is 1. The molecule has 72 valence electrons. The Morgan fingerprint density at radius 3 is 2.85 bits per heavy atom.